The lowest BCUT2D eigenvalue weighted by atomic mass is 10.0. The Kier molecular flexibility index (Phi) is 3.82. The van der Waals surface area contributed by atoms with Crippen molar-refractivity contribution in [2.45, 2.75) is 25.8 Å². The van der Waals surface area contributed by atoms with Crippen LogP contribution in [-0.2, 0) is 12.8 Å². The molecular formula is C17H13ClN6O. The number of nitrogens with zero attached hydrogens (tertiary/aromatic N) is 5. The van der Waals surface area contributed by atoms with E-state index in [0.29, 0.717) is 33.8 Å². The molecule has 0 spiro atoms. The van der Waals surface area contributed by atoms with Gasteiger partial charge in [0.15, 0.2) is 5.82 Å². The average molecular weight is 353 g/mol. The van der Waals surface area contributed by atoms with Crippen molar-refractivity contribution in [1.82, 2.24) is 20.1 Å². The molecule has 0 unspecified atom stereocenters. The Hall–Kier alpha value is -2.98. The fourth-order valence-corrected chi connectivity index (χ4v) is 3.25. The summed E-state index contributed by atoms with van der Waals surface area (Å²) in [5.74, 6) is 1.47. The van der Waals surface area contributed by atoms with E-state index in [-0.39, 0.29) is 6.04 Å². The second-order valence-electron chi connectivity index (χ2n) is 5.89. The van der Waals surface area contributed by atoms with Gasteiger partial charge in [0.25, 0.3) is 5.89 Å². The summed E-state index contributed by atoms with van der Waals surface area (Å²) in [4.78, 5) is 12.8. The minimum absolute atomic E-state index is 0.122. The summed E-state index contributed by atoms with van der Waals surface area (Å²) in [5, 5.41) is 16.9. The molecule has 7 nitrogen and oxygen atoms in total. The first kappa shape index (κ1) is 15.5. The summed E-state index contributed by atoms with van der Waals surface area (Å²) in [6, 6.07) is 5.96. The molecule has 1 N–H and O–H groups in total. The van der Waals surface area contributed by atoms with E-state index >= 15 is 0 Å². The number of nitriles is 1. The predicted molar refractivity (Wildman–Crippen MR) is 91.0 cm³/mol. The van der Waals surface area contributed by atoms with Crippen LogP contribution >= 0.6 is 11.6 Å². The van der Waals surface area contributed by atoms with Crippen molar-refractivity contribution in [3.8, 4) is 17.5 Å². The van der Waals surface area contributed by atoms with Gasteiger partial charge in [0.2, 0.25) is 5.95 Å². The quantitative estimate of drug-likeness (QED) is 0.773. The van der Waals surface area contributed by atoms with Gasteiger partial charge >= 0.3 is 0 Å². The van der Waals surface area contributed by atoms with Crippen LogP contribution in [0.2, 0.25) is 5.02 Å². The van der Waals surface area contributed by atoms with Gasteiger partial charge in [-0.05, 0) is 43.0 Å². The zero-order valence-corrected chi connectivity index (χ0v) is 14.1. The van der Waals surface area contributed by atoms with Crippen LogP contribution in [0, 0.1) is 18.3 Å². The summed E-state index contributed by atoms with van der Waals surface area (Å²) < 4.78 is 5.10. The highest BCUT2D eigenvalue weighted by Crippen LogP contribution is 2.30. The molecule has 1 aliphatic carbocycles. The van der Waals surface area contributed by atoms with Crippen LogP contribution < -0.4 is 5.32 Å². The van der Waals surface area contributed by atoms with Crippen molar-refractivity contribution >= 4 is 17.5 Å². The SMILES string of the molecule is Cc1noc(-c2cnc(N[C@H]3Cc4cc(Cl)cc(C#N)c4C3)nc2)n1. The maximum atomic E-state index is 9.27. The predicted octanol–water partition coefficient (Wildman–Crippen LogP) is 2.94. The smallest absolute Gasteiger partial charge is 0.261 e. The van der Waals surface area contributed by atoms with E-state index in [9.17, 15) is 5.26 Å². The maximum Gasteiger partial charge on any atom is 0.261 e. The summed E-state index contributed by atoms with van der Waals surface area (Å²) in [5.41, 5.74) is 3.44. The Morgan fingerprint density at radius 3 is 2.76 bits per heavy atom. The molecule has 0 aliphatic heterocycles. The number of halogens is 1. The lowest BCUT2D eigenvalue weighted by Gasteiger charge is -2.11. The van der Waals surface area contributed by atoms with Crippen LogP contribution in [0.1, 0.15) is 22.5 Å². The number of hydrogen-bond donors (Lipinski definition) is 1. The van der Waals surface area contributed by atoms with E-state index in [1.54, 1.807) is 25.4 Å². The lowest BCUT2D eigenvalue weighted by Crippen LogP contribution is -2.21. The molecule has 1 aromatic carbocycles. The second kappa shape index (κ2) is 6.15. The summed E-state index contributed by atoms with van der Waals surface area (Å²) in [6.07, 6.45) is 4.80. The van der Waals surface area contributed by atoms with Gasteiger partial charge in [-0.15, -0.1) is 0 Å². The molecule has 2 aromatic heterocycles. The van der Waals surface area contributed by atoms with E-state index < -0.39 is 0 Å². The van der Waals surface area contributed by atoms with Crippen LogP contribution in [0.4, 0.5) is 5.95 Å². The van der Waals surface area contributed by atoms with Crippen molar-refractivity contribution in [2.24, 2.45) is 0 Å². The lowest BCUT2D eigenvalue weighted by molar-refractivity contribution is 0.425. The third-order valence-electron chi connectivity index (χ3n) is 4.10. The van der Waals surface area contributed by atoms with Crippen LogP contribution in [0.25, 0.3) is 11.5 Å². The molecule has 0 bridgehead atoms. The van der Waals surface area contributed by atoms with Crippen LogP contribution in [0.15, 0.2) is 29.0 Å². The molecule has 0 amide bonds. The Morgan fingerprint density at radius 2 is 2.08 bits per heavy atom. The molecule has 1 atom stereocenters. The summed E-state index contributed by atoms with van der Waals surface area (Å²) in [6.45, 7) is 1.75. The normalized spacial score (nSPS) is 15.6. The molecule has 2 heterocycles. The molecule has 0 radical (unpaired) electrons. The molecule has 4 rings (SSSR count). The minimum atomic E-state index is 0.122. The van der Waals surface area contributed by atoms with Gasteiger partial charge < -0.3 is 9.84 Å². The number of aryl methyl sites for hydroxylation is 1. The zero-order chi connectivity index (χ0) is 17.4. The summed E-state index contributed by atoms with van der Waals surface area (Å²) in [7, 11) is 0. The first-order valence-corrected chi connectivity index (χ1v) is 8.11. The van der Waals surface area contributed by atoms with Crippen molar-refractivity contribution in [3.63, 3.8) is 0 Å². The van der Waals surface area contributed by atoms with Crippen LogP contribution in [0.5, 0.6) is 0 Å². The van der Waals surface area contributed by atoms with E-state index in [4.69, 9.17) is 16.1 Å². The molecule has 0 saturated carbocycles. The third-order valence-corrected chi connectivity index (χ3v) is 4.32. The van der Waals surface area contributed by atoms with Crippen molar-refractivity contribution in [2.75, 3.05) is 5.32 Å². The highest BCUT2D eigenvalue weighted by atomic mass is 35.5. The number of benzene rings is 1. The van der Waals surface area contributed by atoms with E-state index in [0.717, 1.165) is 24.0 Å². The zero-order valence-electron chi connectivity index (χ0n) is 13.3. The first-order valence-electron chi connectivity index (χ1n) is 7.73. The average Bonchev–Trinajstić information content (AvgIpc) is 3.20. The van der Waals surface area contributed by atoms with Gasteiger partial charge in [-0.2, -0.15) is 10.2 Å². The molecular weight excluding hydrogens is 340 g/mol. The van der Waals surface area contributed by atoms with Crippen LogP contribution in [-0.4, -0.2) is 26.2 Å². The Labute approximate surface area is 148 Å². The number of rotatable bonds is 3. The second-order valence-corrected chi connectivity index (χ2v) is 6.33. The van der Waals surface area contributed by atoms with Gasteiger partial charge in [0, 0.05) is 23.5 Å². The van der Waals surface area contributed by atoms with Gasteiger partial charge in [-0.25, -0.2) is 9.97 Å². The first-order chi connectivity index (χ1) is 12.1. The highest BCUT2D eigenvalue weighted by Gasteiger charge is 2.25. The van der Waals surface area contributed by atoms with Crippen LogP contribution in [0.3, 0.4) is 0 Å². The number of nitrogens with one attached hydrogen (secondary N) is 1. The summed E-state index contributed by atoms with van der Waals surface area (Å²) >= 11 is 6.08. The Morgan fingerprint density at radius 1 is 1.28 bits per heavy atom. The van der Waals surface area contributed by atoms with E-state index in [2.05, 4.69) is 31.5 Å². The number of fused-ring (bicyclic) bond motifs is 1. The molecule has 3 aromatic rings. The molecule has 25 heavy (non-hydrogen) atoms. The molecule has 0 fully saturated rings. The molecule has 124 valence electrons. The van der Waals surface area contributed by atoms with Gasteiger partial charge in [-0.1, -0.05) is 16.8 Å². The largest absolute Gasteiger partial charge is 0.351 e. The topological polar surface area (TPSA) is 101 Å². The molecule has 1 aliphatic rings. The van der Waals surface area contributed by atoms with Gasteiger partial charge in [0.05, 0.1) is 17.2 Å². The molecule has 0 saturated heterocycles. The number of aromatic nitrogens is 4. The Bertz CT molecular complexity index is 976. The number of hydrogen-bond acceptors (Lipinski definition) is 7. The van der Waals surface area contributed by atoms with Crippen molar-refractivity contribution < 1.29 is 4.52 Å². The van der Waals surface area contributed by atoms with Crippen molar-refractivity contribution in [1.29, 1.82) is 5.26 Å². The number of anilines is 1. The van der Waals surface area contributed by atoms with Gasteiger partial charge in [-0.3, -0.25) is 0 Å². The monoisotopic (exact) mass is 352 g/mol. The highest BCUT2D eigenvalue weighted by molar-refractivity contribution is 6.30. The molecule has 8 heteroatoms. The third kappa shape index (κ3) is 3.04. The standard InChI is InChI=1S/C17H13ClN6O/c1-9-22-16(25-24-9)12-7-20-17(21-8-12)23-14-4-10-2-13(18)3-11(6-19)15(10)5-14/h2-3,7-8,14H,4-5H2,1H3,(H,20,21,23)/t14-/m0/s1. The van der Waals surface area contributed by atoms with Crippen molar-refractivity contribution in [3.05, 3.63) is 52.1 Å². The van der Waals surface area contributed by atoms with E-state index in [1.807, 2.05) is 6.07 Å². The fraction of sp³-hybridized carbons (Fsp3) is 0.235. The Balaban J connectivity index is 1.49. The van der Waals surface area contributed by atoms with Gasteiger partial charge in [0.1, 0.15) is 0 Å². The fourth-order valence-electron chi connectivity index (χ4n) is 3.01. The minimum Gasteiger partial charge on any atom is -0.351 e. The maximum absolute atomic E-state index is 9.27. The van der Waals surface area contributed by atoms with E-state index in [1.165, 1.54) is 0 Å².